The highest BCUT2D eigenvalue weighted by molar-refractivity contribution is 5.15. The quantitative estimate of drug-likeness (QED) is 0.681. The molecule has 66 valence electrons. The average molecular weight is 168 g/mol. The zero-order valence-electron chi connectivity index (χ0n) is 7.19. The van der Waals surface area contributed by atoms with Gasteiger partial charge in [0.05, 0.1) is 19.3 Å². The third kappa shape index (κ3) is 2.48. The number of pyridine rings is 1. The van der Waals surface area contributed by atoms with Gasteiger partial charge in [-0.25, -0.2) is 4.98 Å². The van der Waals surface area contributed by atoms with Crippen molar-refractivity contribution >= 4 is 0 Å². The first-order valence-corrected chi connectivity index (χ1v) is 3.62. The molecule has 1 aromatic rings. The van der Waals surface area contributed by atoms with Gasteiger partial charge in [0.2, 0.25) is 5.88 Å². The molecule has 0 aromatic carbocycles. The van der Waals surface area contributed by atoms with Crippen molar-refractivity contribution in [2.45, 2.75) is 6.54 Å². The Balaban J connectivity index is 2.72. The SMILES string of the molecule is COc1cccc(CN(C)O)n1. The maximum absolute atomic E-state index is 8.92. The van der Waals surface area contributed by atoms with E-state index >= 15 is 0 Å². The van der Waals surface area contributed by atoms with Crippen LogP contribution >= 0.6 is 0 Å². The second-order valence-corrected chi connectivity index (χ2v) is 2.49. The number of hydroxylamine groups is 2. The summed E-state index contributed by atoms with van der Waals surface area (Å²) >= 11 is 0. The van der Waals surface area contributed by atoms with Crippen molar-refractivity contribution in [3.63, 3.8) is 0 Å². The minimum atomic E-state index is 0.400. The highest BCUT2D eigenvalue weighted by Gasteiger charge is 1.98. The van der Waals surface area contributed by atoms with Crippen LogP contribution in [0.5, 0.6) is 5.88 Å². The number of methoxy groups -OCH3 is 1. The van der Waals surface area contributed by atoms with E-state index in [2.05, 4.69) is 4.98 Å². The highest BCUT2D eigenvalue weighted by atomic mass is 16.5. The molecule has 4 nitrogen and oxygen atoms in total. The van der Waals surface area contributed by atoms with Crippen molar-refractivity contribution in [3.05, 3.63) is 23.9 Å². The molecule has 0 atom stereocenters. The Morgan fingerprint density at radius 3 is 2.92 bits per heavy atom. The number of hydrogen-bond donors (Lipinski definition) is 1. The zero-order valence-corrected chi connectivity index (χ0v) is 7.19. The second kappa shape index (κ2) is 4.04. The Hall–Kier alpha value is -1.13. The highest BCUT2D eigenvalue weighted by Crippen LogP contribution is 2.07. The van der Waals surface area contributed by atoms with Gasteiger partial charge in [-0.05, 0) is 6.07 Å². The molecule has 0 unspecified atom stereocenters. The van der Waals surface area contributed by atoms with Crippen LogP contribution in [0, 0.1) is 0 Å². The molecule has 0 spiro atoms. The summed E-state index contributed by atoms with van der Waals surface area (Å²) in [7, 11) is 3.13. The Labute approximate surface area is 71.4 Å². The van der Waals surface area contributed by atoms with E-state index in [0.717, 1.165) is 10.8 Å². The predicted octanol–water partition coefficient (Wildman–Crippen LogP) is 0.911. The van der Waals surface area contributed by atoms with Crippen molar-refractivity contribution in [1.29, 1.82) is 0 Å². The largest absolute Gasteiger partial charge is 0.481 e. The summed E-state index contributed by atoms with van der Waals surface area (Å²) in [5.41, 5.74) is 0.777. The normalized spacial score (nSPS) is 10.3. The van der Waals surface area contributed by atoms with Gasteiger partial charge in [-0.3, -0.25) is 0 Å². The van der Waals surface area contributed by atoms with Crippen LogP contribution in [0.4, 0.5) is 0 Å². The summed E-state index contributed by atoms with van der Waals surface area (Å²) in [5, 5.41) is 9.99. The molecule has 1 aromatic heterocycles. The van der Waals surface area contributed by atoms with E-state index in [1.165, 1.54) is 0 Å². The van der Waals surface area contributed by atoms with E-state index < -0.39 is 0 Å². The topological polar surface area (TPSA) is 45.6 Å². The lowest BCUT2D eigenvalue weighted by atomic mass is 10.3. The molecule has 0 aliphatic heterocycles. The van der Waals surface area contributed by atoms with E-state index in [-0.39, 0.29) is 0 Å². The molecule has 0 aliphatic carbocycles. The fraction of sp³-hybridized carbons (Fsp3) is 0.375. The molecular formula is C8H12N2O2. The van der Waals surface area contributed by atoms with Gasteiger partial charge in [-0.1, -0.05) is 6.07 Å². The summed E-state index contributed by atoms with van der Waals surface area (Å²) in [6.45, 7) is 0.400. The summed E-state index contributed by atoms with van der Waals surface area (Å²) in [6.07, 6.45) is 0. The van der Waals surface area contributed by atoms with Crippen LogP contribution in [-0.4, -0.2) is 29.4 Å². The van der Waals surface area contributed by atoms with Crippen molar-refractivity contribution in [2.24, 2.45) is 0 Å². The molecule has 1 rings (SSSR count). The van der Waals surface area contributed by atoms with Crippen molar-refractivity contribution in [2.75, 3.05) is 14.2 Å². The Kier molecular flexibility index (Phi) is 3.01. The number of nitrogens with zero attached hydrogens (tertiary/aromatic N) is 2. The molecule has 0 bridgehead atoms. The monoisotopic (exact) mass is 168 g/mol. The lowest BCUT2D eigenvalue weighted by Crippen LogP contribution is -2.12. The molecule has 1 N–H and O–H groups in total. The van der Waals surface area contributed by atoms with Crippen LogP contribution in [-0.2, 0) is 6.54 Å². The van der Waals surface area contributed by atoms with Gasteiger partial charge in [-0.2, -0.15) is 5.06 Å². The number of ether oxygens (including phenoxy) is 1. The lowest BCUT2D eigenvalue weighted by molar-refractivity contribution is -0.0741. The van der Waals surface area contributed by atoms with Crippen LogP contribution in [0.25, 0.3) is 0 Å². The Morgan fingerprint density at radius 2 is 2.33 bits per heavy atom. The van der Waals surface area contributed by atoms with Gasteiger partial charge < -0.3 is 9.94 Å². The summed E-state index contributed by atoms with van der Waals surface area (Å²) < 4.78 is 4.93. The first-order valence-electron chi connectivity index (χ1n) is 3.62. The third-order valence-electron chi connectivity index (χ3n) is 1.38. The van der Waals surface area contributed by atoms with Crippen LogP contribution in [0.2, 0.25) is 0 Å². The van der Waals surface area contributed by atoms with Crippen LogP contribution in [0.3, 0.4) is 0 Å². The average Bonchev–Trinajstić information content (AvgIpc) is 2.03. The third-order valence-corrected chi connectivity index (χ3v) is 1.38. The van der Waals surface area contributed by atoms with E-state index in [4.69, 9.17) is 9.94 Å². The van der Waals surface area contributed by atoms with Crippen LogP contribution < -0.4 is 4.74 Å². The molecule has 12 heavy (non-hydrogen) atoms. The van der Waals surface area contributed by atoms with Gasteiger partial charge in [0.25, 0.3) is 0 Å². The first-order chi connectivity index (χ1) is 5.72. The van der Waals surface area contributed by atoms with Gasteiger partial charge in [0.1, 0.15) is 0 Å². The lowest BCUT2D eigenvalue weighted by Gasteiger charge is -2.07. The minimum Gasteiger partial charge on any atom is -0.481 e. The fourth-order valence-corrected chi connectivity index (χ4v) is 0.894. The maximum Gasteiger partial charge on any atom is 0.213 e. The maximum atomic E-state index is 8.92. The number of rotatable bonds is 3. The summed E-state index contributed by atoms with van der Waals surface area (Å²) in [5.74, 6) is 0.564. The molecule has 0 saturated heterocycles. The van der Waals surface area contributed by atoms with E-state index in [1.807, 2.05) is 12.1 Å². The Bertz CT molecular complexity index is 251. The van der Waals surface area contributed by atoms with Crippen LogP contribution in [0.15, 0.2) is 18.2 Å². The summed E-state index contributed by atoms with van der Waals surface area (Å²) in [4.78, 5) is 4.11. The Morgan fingerprint density at radius 1 is 1.58 bits per heavy atom. The predicted molar refractivity (Wildman–Crippen MR) is 44.0 cm³/mol. The smallest absolute Gasteiger partial charge is 0.213 e. The standard InChI is InChI=1S/C8H12N2O2/c1-10(11)6-7-4-3-5-8(9-7)12-2/h3-5,11H,6H2,1-2H3. The van der Waals surface area contributed by atoms with Crippen molar-refractivity contribution in [1.82, 2.24) is 10.0 Å². The molecule has 0 amide bonds. The first kappa shape index (κ1) is 8.96. The molecule has 0 radical (unpaired) electrons. The fourth-order valence-electron chi connectivity index (χ4n) is 0.894. The molecule has 0 fully saturated rings. The van der Waals surface area contributed by atoms with Gasteiger partial charge in [-0.15, -0.1) is 0 Å². The van der Waals surface area contributed by atoms with E-state index in [1.54, 1.807) is 20.2 Å². The molecular weight excluding hydrogens is 156 g/mol. The number of hydrogen-bond acceptors (Lipinski definition) is 4. The molecule has 0 saturated carbocycles. The minimum absolute atomic E-state index is 0.400. The van der Waals surface area contributed by atoms with Gasteiger partial charge >= 0.3 is 0 Å². The van der Waals surface area contributed by atoms with Crippen LogP contribution in [0.1, 0.15) is 5.69 Å². The summed E-state index contributed by atoms with van der Waals surface area (Å²) in [6, 6.07) is 5.43. The van der Waals surface area contributed by atoms with Gasteiger partial charge in [0, 0.05) is 13.1 Å². The van der Waals surface area contributed by atoms with Crippen molar-refractivity contribution in [3.8, 4) is 5.88 Å². The van der Waals surface area contributed by atoms with E-state index in [0.29, 0.717) is 12.4 Å². The number of aromatic nitrogens is 1. The zero-order chi connectivity index (χ0) is 8.97. The molecule has 1 heterocycles. The van der Waals surface area contributed by atoms with E-state index in [9.17, 15) is 0 Å². The molecule has 4 heteroatoms. The molecule has 0 aliphatic rings. The second-order valence-electron chi connectivity index (χ2n) is 2.49. The van der Waals surface area contributed by atoms with Crippen molar-refractivity contribution < 1.29 is 9.94 Å². The van der Waals surface area contributed by atoms with Gasteiger partial charge in [0.15, 0.2) is 0 Å².